The van der Waals surface area contributed by atoms with Crippen molar-refractivity contribution in [3.05, 3.63) is 89.0 Å². The van der Waals surface area contributed by atoms with Crippen molar-refractivity contribution in [2.45, 2.75) is 39.5 Å². The monoisotopic (exact) mass is 373 g/mol. The lowest BCUT2D eigenvalue weighted by atomic mass is 10.1. The molecule has 0 radical (unpaired) electrons. The Kier molecular flexibility index (Phi) is 5.33. The number of carbonyl (C=O) groups is 1. The molecule has 5 heteroatoms. The number of nitrogens with zero attached hydrogens (tertiary/aromatic N) is 3. The van der Waals surface area contributed by atoms with Gasteiger partial charge in [0.25, 0.3) is 0 Å². The maximum absolute atomic E-state index is 12.9. The first-order chi connectivity index (χ1) is 13.7. The van der Waals surface area contributed by atoms with Crippen molar-refractivity contribution in [1.82, 2.24) is 14.9 Å². The van der Waals surface area contributed by atoms with Crippen molar-refractivity contribution < 1.29 is 9.53 Å². The van der Waals surface area contributed by atoms with Crippen LogP contribution in [-0.4, -0.2) is 20.8 Å². The maximum Gasteiger partial charge on any atom is 0.227 e. The second-order valence-electron chi connectivity index (χ2n) is 6.92. The van der Waals surface area contributed by atoms with Gasteiger partial charge in [0.2, 0.25) is 5.91 Å². The molecule has 2 aromatic carbocycles. The molecule has 3 aromatic rings. The van der Waals surface area contributed by atoms with Crippen LogP contribution in [0.1, 0.15) is 35.1 Å². The second kappa shape index (κ2) is 8.21. The van der Waals surface area contributed by atoms with Crippen molar-refractivity contribution in [3.63, 3.8) is 0 Å². The molecule has 1 amide bonds. The van der Waals surface area contributed by atoms with Crippen LogP contribution < -0.4 is 4.74 Å². The molecule has 0 bridgehead atoms. The molecule has 0 saturated heterocycles. The molecule has 4 rings (SSSR count). The summed E-state index contributed by atoms with van der Waals surface area (Å²) in [5.41, 5.74) is 4.01. The minimum atomic E-state index is 0.0757. The average molecular weight is 373 g/mol. The summed E-state index contributed by atoms with van der Waals surface area (Å²) in [5, 5.41) is 0. The minimum Gasteiger partial charge on any atom is -0.489 e. The number of aromatic nitrogens is 2. The van der Waals surface area contributed by atoms with E-state index in [-0.39, 0.29) is 5.91 Å². The van der Waals surface area contributed by atoms with Crippen molar-refractivity contribution >= 4 is 5.91 Å². The molecule has 1 aromatic heterocycles. The van der Waals surface area contributed by atoms with Gasteiger partial charge in [0.15, 0.2) is 0 Å². The highest BCUT2D eigenvalue weighted by Crippen LogP contribution is 2.24. The van der Waals surface area contributed by atoms with Gasteiger partial charge in [0, 0.05) is 30.3 Å². The number of hydrogen-bond donors (Lipinski definition) is 0. The van der Waals surface area contributed by atoms with Gasteiger partial charge < -0.3 is 9.64 Å². The number of amides is 1. The first kappa shape index (κ1) is 18.2. The summed E-state index contributed by atoms with van der Waals surface area (Å²) in [4.78, 5) is 23.6. The molecular formula is C23H23N3O2. The molecule has 2 heterocycles. The van der Waals surface area contributed by atoms with Crippen molar-refractivity contribution in [1.29, 1.82) is 0 Å². The molecule has 0 aliphatic carbocycles. The van der Waals surface area contributed by atoms with E-state index in [0.29, 0.717) is 26.1 Å². The second-order valence-corrected chi connectivity index (χ2v) is 6.92. The van der Waals surface area contributed by atoms with Crippen LogP contribution >= 0.6 is 0 Å². The fraction of sp³-hybridized carbons (Fsp3) is 0.261. The number of hydrogen-bond acceptors (Lipinski definition) is 4. The average Bonchev–Trinajstić information content (AvgIpc) is 3.17. The lowest BCUT2D eigenvalue weighted by molar-refractivity contribution is -0.131. The first-order valence-corrected chi connectivity index (χ1v) is 9.59. The Labute approximate surface area is 165 Å². The third-order valence-electron chi connectivity index (χ3n) is 4.93. The van der Waals surface area contributed by atoms with Crippen molar-refractivity contribution in [2.24, 2.45) is 0 Å². The third-order valence-corrected chi connectivity index (χ3v) is 4.93. The summed E-state index contributed by atoms with van der Waals surface area (Å²) in [5.74, 6) is 1.66. The molecule has 0 spiro atoms. The van der Waals surface area contributed by atoms with Gasteiger partial charge in [0.05, 0.1) is 18.7 Å². The first-order valence-electron chi connectivity index (χ1n) is 9.59. The SMILES string of the molecule is CCc1ncc2c(n1)CN(C(=O)Cc1ccccc1OCc1ccccc1)C2. The van der Waals surface area contributed by atoms with Crippen LogP contribution in [0.4, 0.5) is 0 Å². The summed E-state index contributed by atoms with van der Waals surface area (Å²) in [7, 11) is 0. The highest BCUT2D eigenvalue weighted by Gasteiger charge is 2.25. The molecule has 0 fully saturated rings. The van der Waals surface area contributed by atoms with Gasteiger partial charge in [0.1, 0.15) is 18.2 Å². The number of para-hydroxylation sites is 1. The zero-order chi connectivity index (χ0) is 19.3. The zero-order valence-corrected chi connectivity index (χ0v) is 16.0. The van der Waals surface area contributed by atoms with Crippen LogP contribution in [0.3, 0.4) is 0 Å². The summed E-state index contributed by atoms with van der Waals surface area (Å²) < 4.78 is 5.99. The van der Waals surface area contributed by atoms with E-state index in [2.05, 4.69) is 9.97 Å². The molecule has 0 N–H and O–H groups in total. The summed E-state index contributed by atoms with van der Waals surface area (Å²) in [6.07, 6.45) is 2.96. The largest absolute Gasteiger partial charge is 0.489 e. The molecule has 28 heavy (non-hydrogen) atoms. The number of aryl methyl sites for hydroxylation is 1. The Balaban J connectivity index is 1.42. The normalized spacial score (nSPS) is 12.7. The Hall–Kier alpha value is -3.21. The van der Waals surface area contributed by atoms with Crippen LogP contribution in [-0.2, 0) is 37.3 Å². The summed E-state index contributed by atoms with van der Waals surface area (Å²) >= 11 is 0. The van der Waals surface area contributed by atoms with E-state index in [1.165, 1.54) is 0 Å². The van der Waals surface area contributed by atoms with Gasteiger partial charge in [-0.25, -0.2) is 9.97 Å². The fourth-order valence-electron chi connectivity index (χ4n) is 3.34. The van der Waals surface area contributed by atoms with Gasteiger partial charge in [-0.1, -0.05) is 55.5 Å². The zero-order valence-electron chi connectivity index (χ0n) is 16.0. The van der Waals surface area contributed by atoms with Crippen LogP contribution in [0.5, 0.6) is 5.75 Å². The molecule has 0 atom stereocenters. The third kappa shape index (κ3) is 4.03. The summed E-state index contributed by atoms with van der Waals surface area (Å²) in [6.45, 7) is 3.64. The van der Waals surface area contributed by atoms with E-state index in [4.69, 9.17) is 4.74 Å². The van der Waals surface area contributed by atoms with Gasteiger partial charge >= 0.3 is 0 Å². The van der Waals surface area contributed by atoms with E-state index in [9.17, 15) is 4.79 Å². The number of rotatable bonds is 6. The number of ether oxygens (including phenoxy) is 1. The predicted octanol–water partition coefficient (Wildman–Crippen LogP) is 3.70. The molecule has 1 aliphatic heterocycles. The van der Waals surface area contributed by atoms with E-state index in [0.717, 1.165) is 40.4 Å². The van der Waals surface area contributed by atoms with Crippen LogP contribution in [0, 0.1) is 0 Å². The van der Waals surface area contributed by atoms with E-state index in [1.807, 2.05) is 72.6 Å². The highest BCUT2D eigenvalue weighted by molar-refractivity contribution is 5.80. The minimum absolute atomic E-state index is 0.0757. The van der Waals surface area contributed by atoms with E-state index in [1.54, 1.807) is 0 Å². The van der Waals surface area contributed by atoms with Crippen LogP contribution in [0.15, 0.2) is 60.8 Å². The topological polar surface area (TPSA) is 55.3 Å². The Bertz CT molecular complexity index is 973. The van der Waals surface area contributed by atoms with Gasteiger partial charge in [-0.15, -0.1) is 0 Å². The number of benzene rings is 2. The van der Waals surface area contributed by atoms with Crippen LogP contribution in [0.25, 0.3) is 0 Å². The number of carbonyl (C=O) groups excluding carboxylic acids is 1. The van der Waals surface area contributed by atoms with Gasteiger partial charge in [-0.2, -0.15) is 0 Å². The smallest absolute Gasteiger partial charge is 0.227 e. The van der Waals surface area contributed by atoms with Crippen molar-refractivity contribution in [3.8, 4) is 5.75 Å². The van der Waals surface area contributed by atoms with Crippen LogP contribution in [0.2, 0.25) is 0 Å². The fourth-order valence-corrected chi connectivity index (χ4v) is 3.34. The van der Waals surface area contributed by atoms with E-state index < -0.39 is 0 Å². The molecule has 5 nitrogen and oxygen atoms in total. The van der Waals surface area contributed by atoms with Crippen molar-refractivity contribution in [2.75, 3.05) is 0 Å². The summed E-state index contributed by atoms with van der Waals surface area (Å²) in [6, 6.07) is 17.8. The maximum atomic E-state index is 12.9. The quantitative estimate of drug-likeness (QED) is 0.661. The molecule has 142 valence electrons. The van der Waals surface area contributed by atoms with Gasteiger partial charge in [-0.3, -0.25) is 4.79 Å². The Morgan fingerprint density at radius 1 is 1.07 bits per heavy atom. The molecular weight excluding hydrogens is 350 g/mol. The Morgan fingerprint density at radius 3 is 2.68 bits per heavy atom. The Morgan fingerprint density at radius 2 is 1.86 bits per heavy atom. The number of fused-ring (bicyclic) bond motifs is 1. The lowest BCUT2D eigenvalue weighted by Gasteiger charge is -2.17. The lowest BCUT2D eigenvalue weighted by Crippen LogP contribution is -2.27. The molecule has 0 saturated carbocycles. The standard InChI is InChI=1S/C23H23N3O2/c1-2-22-24-13-19-14-26(15-20(19)25-22)23(27)12-18-10-6-7-11-21(18)28-16-17-8-4-3-5-9-17/h3-11,13H,2,12,14-16H2,1H3. The highest BCUT2D eigenvalue weighted by atomic mass is 16.5. The predicted molar refractivity (Wildman–Crippen MR) is 107 cm³/mol. The molecule has 1 aliphatic rings. The van der Waals surface area contributed by atoms with E-state index >= 15 is 0 Å². The molecule has 0 unspecified atom stereocenters. The van der Waals surface area contributed by atoms with Gasteiger partial charge in [-0.05, 0) is 11.6 Å².